The van der Waals surface area contributed by atoms with Crippen LogP contribution < -0.4 is 9.47 Å². The molecule has 1 aromatic carbocycles. The fourth-order valence-corrected chi connectivity index (χ4v) is 3.66. The predicted octanol–water partition coefficient (Wildman–Crippen LogP) is 4.03. The van der Waals surface area contributed by atoms with Gasteiger partial charge >= 0.3 is 0 Å². The molecule has 0 radical (unpaired) electrons. The zero-order valence-corrected chi connectivity index (χ0v) is 17.1. The molecule has 0 aliphatic heterocycles. The Morgan fingerprint density at radius 1 is 1.09 bits per heavy atom. The molecule has 4 nitrogen and oxygen atoms in total. The maximum absolute atomic E-state index is 11.7. The Morgan fingerprint density at radius 3 is 1.83 bits per heavy atom. The minimum Gasteiger partial charge on any atom is -0.495 e. The molecule has 128 valence electrons. The van der Waals surface area contributed by atoms with E-state index < -0.39 is 17.1 Å². The van der Waals surface area contributed by atoms with Crippen molar-refractivity contribution in [3.05, 3.63) is 17.7 Å². The van der Waals surface area contributed by atoms with E-state index in [2.05, 4.69) is 45.3 Å². The first-order valence-electron chi connectivity index (χ1n) is 7.07. The van der Waals surface area contributed by atoms with Crippen LogP contribution in [-0.2, 0) is 9.05 Å². The molecular formula is C16H23ClO4SSi. The molecule has 1 rings (SSSR count). The molecule has 0 amide bonds. The molecule has 7 heteroatoms. The Bertz CT molecular complexity index is 728. The largest absolute Gasteiger partial charge is 0.495 e. The number of halogens is 1. The van der Waals surface area contributed by atoms with E-state index in [0.29, 0.717) is 5.56 Å². The van der Waals surface area contributed by atoms with Crippen LogP contribution in [0.2, 0.25) is 18.1 Å². The Labute approximate surface area is 144 Å². The highest BCUT2D eigenvalue weighted by Crippen LogP contribution is 2.37. The zero-order chi connectivity index (χ0) is 18.1. The SMILES string of the molecule is COc1cc(C#C[Si](C)(C)C(C)(C)C)cc(OC)c1S(=O)(=O)Cl. The van der Waals surface area contributed by atoms with Crippen LogP contribution in [0.15, 0.2) is 17.0 Å². The smallest absolute Gasteiger partial charge is 0.268 e. The lowest BCUT2D eigenvalue weighted by molar-refractivity contribution is 0.374. The van der Waals surface area contributed by atoms with Gasteiger partial charge in [0.15, 0.2) is 4.90 Å². The van der Waals surface area contributed by atoms with Gasteiger partial charge < -0.3 is 9.47 Å². The second kappa shape index (κ2) is 6.76. The van der Waals surface area contributed by atoms with Gasteiger partial charge in [0.2, 0.25) is 0 Å². The first kappa shape index (κ1) is 19.9. The van der Waals surface area contributed by atoms with Crippen molar-refractivity contribution in [2.24, 2.45) is 0 Å². The summed E-state index contributed by atoms with van der Waals surface area (Å²) >= 11 is 0. The van der Waals surface area contributed by atoms with Crippen LogP contribution in [-0.4, -0.2) is 30.7 Å². The second-order valence-corrected chi connectivity index (χ2v) is 14.3. The molecule has 0 fully saturated rings. The monoisotopic (exact) mass is 374 g/mol. The highest BCUT2D eigenvalue weighted by molar-refractivity contribution is 8.13. The molecule has 0 saturated carbocycles. The van der Waals surface area contributed by atoms with Crippen LogP contribution >= 0.6 is 10.7 Å². The first-order valence-corrected chi connectivity index (χ1v) is 12.4. The third kappa shape index (κ3) is 4.66. The van der Waals surface area contributed by atoms with E-state index in [1.165, 1.54) is 14.2 Å². The van der Waals surface area contributed by atoms with Crippen LogP contribution in [0.25, 0.3) is 0 Å². The molecule has 0 atom stereocenters. The standard InChI is InChI=1S/C16H23ClO4SSi/c1-16(2,3)23(6,7)9-8-12-10-13(20-4)15(22(17,18)19)14(11-12)21-5/h10-11H,1-7H3. The normalized spacial score (nSPS) is 12.3. The van der Waals surface area contributed by atoms with E-state index in [9.17, 15) is 8.42 Å². The van der Waals surface area contributed by atoms with Crippen molar-refractivity contribution in [1.82, 2.24) is 0 Å². The summed E-state index contributed by atoms with van der Waals surface area (Å²) < 4.78 is 33.8. The van der Waals surface area contributed by atoms with Crippen molar-refractivity contribution in [2.75, 3.05) is 14.2 Å². The van der Waals surface area contributed by atoms with Crippen LogP contribution in [0.4, 0.5) is 0 Å². The molecule has 0 aliphatic carbocycles. The molecule has 23 heavy (non-hydrogen) atoms. The Morgan fingerprint density at radius 2 is 1.52 bits per heavy atom. The van der Waals surface area contributed by atoms with Gasteiger partial charge in [0.25, 0.3) is 9.05 Å². The summed E-state index contributed by atoms with van der Waals surface area (Å²) in [6.07, 6.45) is 0. The lowest BCUT2D eigenvalue weighted by atomic mass is 10.2. The van der Waals surface area contributed by atoms with E-state index in [1.54, 1.807) is 12.1 Å². The Balaban J connectivity index is 3.50. The van der Waals surface area contributed by atoms with E-state index in [1.807, 2.05) is 0 Å². The molecule has 0 unspecified atom stereocenters. The molecular weight excluding hydrogens is 352 g/mol. The van der Waals surface area contributed by atoms with Crippen LogP contribution in [0.5, 0.6) is 11.5 Å². The highest BCUT2D eigenvalue weighted by atomic mass is 35.7. The summed E-state index contributed by atoms with van der Waals surface area (Å²) in [5, 5.41) is 0.133. The summed E-state index contributed by atoms with van der Waals surface area (Å²) in [5.74, 6) is 3.38. The molecule has 0 heterocycles. The van der Waals surface area contributed by atoms with E-state index in [4.69, 9.17) is 20.2 Å². The summed E-state index contributed by atoms with van der Waals surface area (Å²) in [6.45, 7) is 10.9. The van der Waals surface area contributed by atoms with Gasteiger partial charge in [0, 0.05) is 16.2 Å². The molecule has 0 saturated heterocycles. The van der Waals surface area contributed by atoms with Gasteiger partial charge in [0.1, 0.15) is 19.6 Å². The number of hydrogen-bond donors (Lipinski definition) is 0. The summed E-state index contributed by atoms with van der Waals surface area (Å²) in [7, 11) is 2.46. The van der Waals surface area contributed by atoms with E-state index in [0.717, 1.165) is 0 Å². The lowest BCUT2D eigenvalue weighted by Gasteiger charge is -2.31. The van der Waals surface area contributed by atoms with E-state index >= 15 is 0 Å². The number of hydrogen-bond acceptors (Lipinski definition) is 4. The van der Waals surface area contributed by atoms with Crippen LogP contribution in [0.1, 0.15) is 26.3 Å². The third-order valence-corrected chi connectivity index (χ3v) is 9.95. The summed E-state index contributed by atoms with van der Waals surface area (Å²) in [4.78, 5) is -0.179. The molecule has 0 aliphatic rings. The minimum absolute atomic E-state index is 0.124. The van der Waals surface area contributed by atoms with Gasteiger partial charge in [-0.1, -0.05) is 39.8 Å². The average Bonchev–Trinajstić information content (AvgIpc) is 2.41. The van der Waals surface area contributed by atoms with Gasteiger partial charge in [-0.15, -0.1) is 5.54 Å². The van der Waals surface area contributed by atoms with Crippen molar-refractivity contribution in [3.8, 4) is 23.0 Å². The van der Waals surface area contributed by atoms with Crippen molar-refractivity contribution in [3.63, 3.8) is 0 Å². The maximum Gasteiger partial charge on any atom is 0.268 e. The van der Waals surface area contributed by atoms with Gasteiger partial charge in [-0.25, -0.2) is 8.42 Å². The van der Waals surface area contributed by atoms with Gasteiger partial charge in [0.05, 0.1) is 14.2 Å². The molecule has 1 aromatic rings. The van der Waals surface area contributed by atoms with Crippen molar-refractivity contribution >= 4 is 27.8 Å². The number of rotatable bonds is 3. The fourth-order valence-electron chi connectivity index (χ4n) is 1.61. The van der Waals surface area contributed by atoms with Crippen LogP contribution in [0, 0.1) is 11.5 Å². The van der Waals surface area contributed by atoms with Crippen molar-refractivity contribution in [2.45, 2.75) is 43.8 Å². The van der Waals surface area contributed by atoms with Gasteiger partial charge in [-0.3, -0.25) is 0 Å². The molecule has 0 N–H and O–H groups in total. The zero-order valence-electron chi connectivity index (χ0n) is 14.6. The summed E-state index contributed by atoms with van der Waals surface area (Å²) in [5.41, 5.74) is 4.00. The molecule has 0 spiro atoms. The molecule has 0 bridgehead atoms. The molecule has 0 aromatic heterocycles. The van der Waals surface area contributed by atoms with Gasteiger partial charge in [-0.2, -0.15) is 0 Å². The lowest BCUT2D eigenvalue weighted by Crippen LogP contribution is -2.35. The van der Waals surface area contributed by atoms with Crippen molar-refractivity contribution in [1.29, 1.82) is 0 Å². The Hall–Kier alpha value is -1.16. The van der Waals surface area contributed by atoms with E-state index in [-0.39, 0.29) is 21.4 Å². The highest BCUT2D eigenvalue weighted by Gasteiger charge is 2.33. The average molecular weight is 375 g/mol. The topological polar surface area (TPSA) is 52.6 Å². The predicted molar refractivity (Wildman–Crippen MR) is 96.7 cm³/mol. The Kier molecular flexibility index (Phi) is 5.84. The minimum atomic E-state index is -3.99. The second-order valence-electron chi connectivity index (χ2n) is 6.77. The number of benzene rings is 1. The number of ether oxygens (including phenoxy) is 2. The first-order chi connectivity index (χ1) is 10.3. The summed E-state index contributed by atoms with van der Waals surface area (Å²) in [6, 6.07) is 3.13. The van der Waals surface area contributed by atoms with Gasteiger partial charge in [-0.05, 0) is 17.2 Å². The van der Waals surface area contributed by atoms with Crippen molar-refractivity contribution < 1.29 is 17.9 Å². The van der Waals surface area contributed by atoms with Crippen LogP contribution in [0.3, 0.4) is 0 Å². The number of methoxy groups -OCH3 is 2. The fraction of sp³-hybridized carbons (Fsp3) is 0.500. The third-order valence-electron chi connectivity index (χ3n) is 4.10. The maximum atomic E-state index is 11.7. The quantitative estimate of drug-likeness (QED) is 0.455.